The maximum Gasteiger partial charge on any atom is 0.271 e. The van der Waals surface area contributed by atoms with E-state index < -0.39 is 0 Å². The minimum atomic E-state index is -0.209. The fourth-order valence-corrected chi connectivity index (χ4v) is 3.83. The second-order valence-electron chi connectivity index (χ2n) is 7.92. The van der Waals surface area contributed by atoms with Crippen LogP contribution in [0.15, 0.2) is 53.6 Å². The fraction of sp³-hybridized carbons (Fsp3) is 0.333. The van der Waals surface area contributed by atoms with Crippen LogP contribution in [0.3, 0.4) is 0 Å². The average molecular weight is 376 g/mol. The van der Waals surface area contributed by atoms with Gasteiger partial charge in [0, 0.05) is 23.4 Å². The number of anilines is 1. The van der Waals surface area contributed by atoms with Gasteiger partial charge in [0.15, 0.2) is 0 Å². The summed E-state index contributed by atoms with van der Waals surface area (Å²) < 4.78 is 0. The molecule has 4 nitrogen and oxygen atoms in total. The Kier molecular flexibility index (Phi) is 5.68. The van der Waals surface area contributed by atoms with Gasteiger partial charge < -0.3 is 4.90 Å². The number of hydrogen-bond donors (Lipinski definition) is 1. The summed E-state index contributed by atoms with van der Waals surface area (Å²) in [5, 5.41) is 4.18. The predicted molar refractivity (Wildman–Crippen MR) is 118 cm³/mol. The molecular formula is C24H29N3O. The Hall–Kier alpha value is -2.88. The third kappa shape index (κ3) is 4.01. The SMILES string of the molecule is CCCN1c2cc(C)c(/C=N\NC(=O)c3ccccc3)cc2C(C)=CC1(C)C. The second kappa shape index (κ2) is 8.01. The summed E-state index contributed by atoms with van der Waals surface area (Å²) in [6, 6.07) is 13.5. The van der Waals surface area contributed by atoms with Crippen molar-refractivity contribution in [1.29, 1.82) is 0 Å². The summed E-state index contributed by atoms with van der Waals surface area (Å²) in [4.78, 5) is 14.6. The molecule has 0 fully saturated rings. The molecule has 0 spiro atoms. The smallest absolute Gasteiger partial charge is 0.271 e. The third-order valence-electron chi connectivity index (χ3n) is 5.22. The maximum absolute atomic E-state index is 12.2. The number of amides is 1. The standard InChI is InChI=1S/C24H29N3O/c1-6-12-27-22-13-17(2)20(14-21(22)18(3)15-24(27,4)5)16-25-26-23(28)19-10-8-7-9-11-19/h7-11,13-16H,6,12H2,1-5H3,(H,26,28)/b25-16-. The Morgan fingerprint density at radius 3 is 2.57 bits per heavy atom. The molecule has 0 aromatic heterocycles. The Morgan fingerprint density at radius 1 is 1.18 bits per heavy atom. The summed E-state index contributed by atoms with van der Waals surface area (Å²) in [5.74, 6) is -0.209. The molecule has 0 saturated carbocycles. The number of aryl methyl sites for hydroxylation is 1. The second-order valence-corrected chi connectivity index (χ2v) is 7.92. The number of benzene rings is 2. The first-order valence-corrected chi connectivity index (χ1v) is 9.84. The fourth-order valence-electron chi connectivity index (χ4n) is 3.83. The molecule has 0 saturated heterocycles. The van der Waals surface area contributed by atoms with Crippen molar-refractivity contribution in [3.8, 4) is 0 Å². The summed E-state index contributed by atoms with van der Waals surface area (Å²) in [6.45, 7) is 12.0. The summed E-state index contributed by atoms with van der Waals surface area (Å²) in [6.07, 6.45) is 5.16. The third-order valence-corrected chi connectivity index (χ3v) is 5.22. The number of hydrazone groups is 1. The van der Waals surface area contributed by atoms with Gasteiger partial charge in [-0.15, -0.1) is 0 Å². The molecule has 1 aliphatic rings. The van der Waals surface area contributed by atoms with Crippen LogP contribution in [-0.4, -0.2) is 24.2 Å². The lowest BCUT2D eigenvalue weighted by atomic mass is 9.87. The van der Waals surface area contributed by atoms with Crippen LogP contribution in [0.1, 0.15) is 61.2 Å². The van der Waals surface area contributed by atoms with Gasteiger partial charge in [-0.1, -0.05) is 31.2 Å². The van der Waals surface area contributed by atoms with Crippen molar-refractivity contribution in [2.24, 2.45) is 5.10 Å². The highest BCUT2D eigenvalue weighted by molar-refractivity contribution is 5.95. The van der Waals surface area contributed by atoms with Crippen molar-refractivity contribution in [2.45, 2.75) is 46.6 Å². The number of allylic oxidation sites excluding steroid dienone is 1. The molecule has 28 heavy (non-hydrogen) atoms. The van der Waals surface area contributed by atoms with Gasteiger partial charge >= 0.3 is 0 Å². The summed E-state index contributed by atoms with van der Waals surface area (Å²) in [5.41, 5.74) is 9.14. The lowest BCUT2D eigenvalue weighted by molar-refractivity contribution is 0.0955. The molecule has 0 unspecified atom stereocenters. The molecule has 0 bridgehead atoms. The lowest BCUT2D eigenvalue weighted by Gasteiger charge is -2.43. The average Bonchev–Trinajstić information content (AvgIpc) is 2.66. The molecule has 1 amide bonds. The molecule has 146 valence electrons. The highest BCUT2D eigenvalue weighted by atomic mass is 16.2. The van der Waals surface area contributed by atoms with Gasteiger partial charge in [-0.05, 0) is 75.1 Å². The number of rotatable bonds is 5. The Balaban J connectivity index is 1.87. The molecule has 1 aliphatic heterocycles. The van der Waals surface area contributed by atoms with Gasteiger partial charge in [0.1, 0.15) is 0 Å². The van der Waals surface area contributed by atoms with E-state index in [-0.39, 0.29) is 11.4 Å². The molecule has 3 rings (SSSR count). The van der Waals surface area contributed by atoms with Crippen molar-refractivity contribution < 1.29 is 4.79 Å². The quantitative estimate of drug-likeness (QED) is 0.579. The highest BCUT2D eigenvalue weighted by Crippen LogP contribution is 2.40. The van der Waals surface area contributed by atoms with E-state index in [1.165, 1.54) is 16.8 Å². The van der Waals surface area contributed by atoms with Crippen molar-refractivity contribution in [1.82, 2.24) is 5.43 Å². The molecule has 2 aromatic rings. The minimum absolute atomic E-state index is 0.00119. The Morgan fingerprint density at radius 2 is 1.89 bits per heavy atom. The zero-order valence-corrected chi connectivity index (χ0v) is 17.4. The van der Waals surface area contributed by atoms with E-state index in [0.717, 1.165) is 24.1 Å². The van der Waals surface area contributed by atoms with Gasteiger partial charge in [-0.25, -0.2) is 5.43 Å². The molecule has 1 heterocycles. The Bertz CT molecular complexity index is 926. The van der Waals surface area contributed by atoms with Crippen LogP contribution in [0.25, 0.3) is 5.57 Å². The number of hydrogen-bond acceptors (Lipinski definition) is 3. The van der Waals surface area contributed by atoms with E-state index in [1.807, 2.05) is 18.2 Å². The van der Waals surface area contributed by atoms with Gasteiger partial charge in [0.05, 0.1) is 11.8 Å². The molecule has 1 N–H and O–H groups in total. The van der Waals surface area contributed by atoms with Crippen molar-refractivity contribution in [3.63, 3.8) is 0 Å². The van der Waals surface area contributed by atoms with Crippen LogP contribution in [0.5, 0.6) is 0 Å². The zero-order chi connectivity index (χ0) is 20.3. The first-order chi connectivity index (χ1) is 13.3. The van der Waals surface area contributed by atoms with E-state index >= 15 is 0 Å². The number of fused-ring (bicyclic) bond motifs is 1. The first kappa shape index (κ1) is 19.9. The van der Waals surface area contributed by atoms with Crippen LogP contribution in [0.4, 0.5) is 5.69 Å². The highest BCUT2D eigenvalue weighted by Gasteiger charge is 2.31. The van der Waals surface area contributed by atoms with Crippen molar-refractivity contribution >= 4 is 23.4 Å². The zero-order valence-electron chi connectivity index (χ0n) is 17.4. The summed E-state index contributed by atoms with van der Waals surface area (Å²) >= 11 is 0. The lowest BCUT2D eigenvalue weighted by Crippen LogP contribution is -2.45. The monoisotopic (exact) mass is 375 g/mol. The molecule has 0 atom stereocenters. The summed E-state index contributed by atoms with van der Waals surface area (Å²) in [7, 11) is 0. The predicted octanol–water partition coefficient (Wildman–Crippen LogP) is 5.17. The van der Waals surface area contributed by atoms with Crippen LogP contribution in [0, 0.1) is 6.92 Å². The molecular weight excluding hydrogens is 346 g/mol. The number of nitrogens with one attached hydrogen (secondary N) is 1. The van der Waals surface area contributed by atoms with E-state index in [4.69, 9.17) is 0 Å². The van der Waals surface area contributed by atoms with E-state index in [0.29, 0.717) is 5.56 Å². The topological polar surface area (TPSA) is 44.7 Å². The van der Waals surface area contributed by atoms with E-state index in [2.05, 4.69) is 68.3 Å². The molecule has 2 aromatic carbocycles. The number of carbonyl (C=O) groups excluding carboxylic acids is 1. The van der Waals surface area contributed by atoms with Gasteiger partial charge in [-0.3, -0.25) is 4.79 Å². The van der Waals surface area contributed by atoms with Crippen LogP contribution in [-0.2, 0) is 0 Å². The molecule has 4 heteroatoms. The van der Waals surface area contributed by atoms with Crippen molar-refractivity contribution in [2.75, 3.05) is 11.4 Å². The minimum Gasteiger partial charge on any atom is -0.362 e. The van der Waals surface area contributed by atoms with Gasteiger partial charge in [0.2, 0.25) is 0 Å². The van der Waals surface area contributed by atoms with Gasteiger partial charge in [0.25, 0.3) is 5.91 Å². The largest absolute Gasteiger partial charge is 0.362 e. The Labute approximate surface area is 168 Å². The van der Waals surface area contributed by atoms with E-state index in [1.54, 1.807) is 18.3 Å². The first-order valence-electron chi connectivity index (χ1n) is 9.84. The normalized spacial score (nSPS) is 15.3. The number of nitrogens with zero attached hydrogens (tertiary/aromatic N) is 2. The maximum atomic E-state index is 12.2. The molecule has 0 radical (unpaired) electrons. The van der Waals surface area contributed by atoms with E-state index in [9.17, 15) is 4.79 Å². The molecule has 0 aliphatic carbocycles. The van der Waals surface area contributed by atoms with Gasteiger partial charge in [-0.2, -0.15) is 5.10 Å². The van der Waals surface area contributed by atoms with Crippen LogP contribution in [0.2, 0.25) is 0 Å². The number of carbonyl (C=O) groups is 1. The van der Waals surface area contributed by atoms with Crippen molar-refractivity contribution in [3.05, 3.63) is 70.8 Å². The van der Waals surface area contributed by atoms with Crippen LogP contribution < -0.4 is 10.3 Å². The van der Waals surface area contributed by atoms with Crippen LogP contribution >= 0.6 is 0 Å².